The highest BCUT2D eigenvalue weighted by molar-refractivity contribution is 5.83. The van der Waals surface area contributed by atoms with E-state index in [1.54, 1.807) is 0 Å². The fourth-order valence-corrected chi connectivity index (χ4v) is 2.53. The number of amides is 3. The van der Waals surface area contributed by atoms with Gasteiger partial charge in [-0.1, -0.05) is 6.42 Å². The lowest BCUT2D eigenvalue weighted by Gasteiger charge is -2.15. The van der Waals surface area contributed by atoms with Crippen molar-refractivity contribution in [3.63, 3.8) is 0 Å². The molecule has 0 bridgehead atoms. The number of aldehydes is 1. The second-order valence-corrected chi connectivity index (χ2v) is 6.81. The molecule has 10 nitrogen and oxygen atoms in total. The third-order valence-corrected chi connectivity index (χ3v) is 4.28. The Morgan fingerprint density at radius 3 is 1.90 bits per heavy atom. The molecule has 0 aromatic carbocycles. The van der Waals surface area contributed by atoms with Crippen molar-refractivity contribution >= 4 is 24.0 Å². The van der Waals surface area contributed by atoms with Crippen LogP contribution in [-0.4, -0.2) is 77.8 Å². The van der Waals surface area contributed by atoms with E-state index >= 15 is 0 Å². The predicted octanol–water partition coefficient (Wildman–Crippen LogP) is 0.858. The van der Waals surface area contributed by atoms with Gasteiger partial charge in [-0.15, -0.1) is 0 Å². The van der Waals surface area contributed by atoms with Crippen LogP contribution < -0.4 is 10.6 Å². The van der Waals surface area contributed by atoms with Gasteiger partial charge in [-0.25, -0.2) is 10.1 Å². The molecule has 0 aromatic heterocycles. The Balaban J connectivity index is 3.67. The maximum absolute atomic E-state index is 11.8. The summed E-state index contributed by atoms with van der Waals surface area (Å²) in [4.78, 5) is 45.1. The topological polar surface area (TPSA) is 139 Å². The molecule has 3 amide bonds. The second kappa shape index (κ2) is 18.0. The highest BCUT2D eigenvalue weighted by Crippen LogP contribution is 2.02. The molecule has 0 fully saturated rings. The number of hydroxylamine groups is 4. The Hall–Kier alpha value is -2.04. The monoisotopic (exact) mass is 416 g/mol. The minimum Gasteiger partial charge on any atom is -0.356 e. The Labute approximate surface area is 172 Å². The van der Waals surface area contributed by atoms with Gasteiger partial charge in [-0.05, 0) is 45.7 Å². The van der Waals surface area contributed by atoms with E-state index in [4.69, 9.17) is 0 Å². The van der Waals surface area contributed by atoms with Crippen LogP contribution in [0, 0.1) is 0 Å². The van der Waals surface area contributed by atoms with Crippen LogP contribution in [0.15, 0.2) is 0 Å². The Morgan fingerprint density at radius 2 is 1.34 bits per heavy atom. The molecule has 0 saturated heterocycles. The summed E-state index contributed by atoms with van der Waals surface area (Å²) in [6, 6.07) is 0. The normalized spacial score (nSPS) is 10.4. The summed E-state index contributed by atoms with van der Waals surface area (Å²) in [6.07, 6.45) is 5.25. The van der Waals surface area contributed by atoms with Crippen LogP contribution in [0.4, 0.5) is 0 Å². The van der Waals surface area contributed by atoms with Gasteiger partial charge in [0.25, 0.3) is 0 Å². The molecule has 0 heterocycles. The number of unbranched alkanes of at least 4 members (excludes halogenated alkanes) is 4. The SMILES string of the molecule is CNCCCCCN(O)C(=O)CCC(=O)NCCCCCN(O)C(=O)CCC=O. The minimum absolute atomic E-state index is 0.00359. The Kier molecular flexibility index (Phi) is 16.8. The van der Waals surface area contributed by atoms with Crippen LogP contribution in [0.1, 0.15) is 64.2 Å². The van der Waals surface area contributed by atoms with Crippen LogP contribution in [0.3, 0.4) is 0 Å². The van der Waals surface area contributed by atoms with E-state index < -0.39 is 11.8 Å². The molecule has 29 heavy (non-hydrogen) atoms. The van der Waals surface area contributed by atoms with E-state index in [9.17, 15) is 29.6 Å². The smallest absolute Gasteiger partial charge is 0.246 e. The van der Waals surface area contributed by atoms with Crippen LogP contribution in [-0.2, 0) is 19.2 Å². The number of carbonyl (C=O) groups is 4. The molecule has 4 N–H and O–H groups in total. The van der Waals surface area contributed by atoms with Gasteiger partial charge in [0.05, 0.1) is 0 Å². The summed E-state index contributed by atoms with van der Waals surface area (Å²) in [6.45, 7) is 1.79. The quantitative estimate of drug-likeness (QED) is 0.112. The van der Waals surface area contributed by atoms with Gasteiger partial charge in [0.1, 0.15) is 6.29 Å². The zero-order chi connectivity index (χ0) is 21.9. The second-order valence-electron chi connectivity index (χ2n) is 6.81. The van der Waals surface area contributed by atoms with Crippen molar-refractivity contribution in [1.29, 1.82) is 0 Å². The van der Waals surface area contributed by atoms with Crippen molar-refractivity contribution in [1.82, 2.24) is 20.8 Å². The van der Waals surface area contributed by atoms with Crippen LogP contribution >= 0.6 is 0 Å². The van der Waals surface area contributed by atoms with Crippen molar-refractivity contribution < 1.29 is 29.6 Å². The summed E-state index contributed by atoms with van der Waals surface area (Å²) in [5.41, 5.74) is 0. The van der Waals surface area contributed by atoms with Crippen molar-refractivity contribution in [2.24, 2.45) is 0 Å². The Morgan fingerprint density at radius 1 is 0.793 bits per heavy atom. The van der Waals surface area contributed by atoms with Gasteiger partial charge in [-0.2, -0.15) is 0 Å². The zero-order valence-corrected chi connectivity index (χ0v) is 17.4. The fraction of sp³-hybridized carbons (Fsp3) is 0.789. The van der Waals surface area contributed by atoms with Gasteiger partial charge in [-0.3, -0.25) is 24.8 Å². The van der Waals surface area contributed by atoms with Crippen molar-refractivity contribution in [3.05, 3.63) is 0 Å². The molecule has 0 saturated carbocycles. The Bertz CT molecular complexity index is 489. The van der Waals surface area contributed by atoms with Crippen LogP contribution in [0.2, 0.25) is 0 Å². The number of nitrogens with one attached hydrogen (secondary N) is 2. The summed E-state index contributed by atoms with van der Waals surface area (Å²) in [5.74, 6) is -1.20. The number of nitrogens with zero attached hydrogens (tertiary/aromatic N) is 2. The molecule has 0 aliphatic carbocycles. The van der Waals surface area contributed by atoms with Crippen LogP contribution in [0.25, 0.3) is 0 Å². The molecular formula is C19H36N4O6. The maximum atomic E-state index is 11.8. The highest BCUT2D eigenvalue weighted by atomic mass is 16.5. The molecule has 0 radical (unpaired) electrons. The van der Waals surface area contributed by atoms with Gasteiger partial charge in [0.2, 0.25) is 17.7 Å². The molecule has 0 spiro atoms. The number of hydrogen-bond acceptors (Lipinski definition) is 7. The molecule has 10 heteroatoms. The fourth-order valence-electron chi connectivity index (χ4n) is 2.53. The van der Waals surface area contributed by atoms with E-state index in [1.165, 1.54) is 0 Å². The van der Waals surface area contributed by atoms with E-state index in [1.807, 2.05) is 7.05 Å². The average Bonchev–Trinajstić information content (AvgIpc) is 2.71. The third kappa shape index (κ3) is 15.5. The van der Waals surface area contributed by atoms with E-state index in [0.717, 1.165) is 19.4 Å². The van der Waals surface area contributed by atoms with Crippen LogP contribution in [0.5, 0.6) is 0 Å². The lowest BCUT2D eigenvalue weighted by atomic mass is 10.2. The van der Waals surface area contributed by atoms with Gasteiger partial charge >= 0.3 is 0 Å². The van der Waals surface area contributed by atoms with Gasteiger partial charge in [0.15, 0.2) is 0 Å². The minimum atomic E-state index is -0.481. The predicted molar refractivity (Wildman–Crippen MR) is 106 cm³/mol. The highest BCUT2D eigenvalue weighted by Gasteiger charge is 2.13. The first kappa shape index (κ1) is 27.0. The summed E-state index contributed by atoms with van der Waals surface area (Å²) < 4.78 is 0. The molecule has 0 atom stereocenters. The molecule has 0 rings (SSSR count). The van der Waals surface area contributed by atoms with Crippen molar-refractivity contribution in [2.45, 2.75) is 64.2 Å². The van der Waals surface area contributed by atoms with Crippen molar-refractivity contribution in [3.8, 4) is 0 Å². The largest absolute Gasteiger partial charge is 0.356 e. The van der Waals surface area contributed by atoms with Gasteiger partial charge in [0, 0.05) is 45.3 Å². The van der Waals surface area contributed by atoms with Gasteiger partial charge < -0.3 is 15.4 Å². The molecular weight excluding hydrogens is 380 g/mol. The number of hydrogen-bond donors (Lipinski definition) is 4. The summed E-state index contributed by atoms with van der Waals surface area (Å²) in [7, 11) is 1.87. The first-order chi connectivity index (χ1) is 13.9. The molecule has 0 unspecified atom stereocenters. The molecule has 0 aromatic rings. The number of rotatable bonds is 18. The van der Waals surface area contributed by atoms with E-state index in [-0.39, 0.29) is 44.7 Å². The van der Waals surface area contributed by atoms with E-state index in [2.05, 4.69) is 10.6 Å². The lowest BCUT2D eigenvalue weighted by molar-refractivity contribution is -0.166. The zero-order valence-electron chi connectivity index (χ0n) is 17.4. The van der Waals surface area contributed by atoms with E-state index in [0.29, 0.717) is 48.6 Å². The standard InChI is InChI=1S/C19H36N4O6/c1-20-12-4-2-6-15-23(29)19(27)11-10-17(25)21-13-5-3-7-14-22(28)18(26)9-8-16-24/h16,20,28-29H,2-15H2,1H3,(H,21,25). The lowest BCUT2D eigenvalue weighted by Crippen LogP contribution is -2.31. The third-order valence-electron chi connectivity index (χ3n) is 4.28. The summed E-state index contributed by atoms with van der Waals surface area (Å²) >= 11 is 0. The maximum Gasteiger partial charge on any atom is 0.246 e. The molecule has 168 valence electrons. The van der Waals surface area contributed by atoms with Crippen molar-refractivity contribution in [2.75, 3.05) is 33.2 Å². The number of carbonyl (C=O) groups excluding carboxylic acids is 4. The first-order valence-electron chi connectivity index (χ1n) is 10.3. The molecule has 0 aliphatic heterocycles. The molecule has 0 aliphatic rings. The average molecular weight is 417 g/mol. The summed E-state index contributed by atoms with van der Waals surface area (Å²) in [5, 5.41) is 26.2. The first-order valence-corrected chi connectivity index (χ1v) is 10.3.